The number of hydrogen-bond acceptors (Lipinski definition) is 7. The van der Waals surface area contributed by atoms with E-state index in [-0.39, 0.29) is 46.4 Å². The number of piperazine rings is 1. The number of piperidine rings is 1. The summed E-state index contributed by atoms with van der Waals surface area (Å²) in [7, 11) is 0. The first-order valence-electron chi connectivity index (χ1n) is 16.9. The summed E-state index contributed by atoms with van der Waals surface area (Å²) in [5.41, 5.74) is 2.95. The fraction of sp³-hybridized carbons (Fsp3) is 0.543. The number of nitrogens with one attached hydrogen (secondary N) is 1. The molecule has 6 rings (SSSR count). The first-order valence-corrected chi connectivity index (χ1v) is 16.9. The Labute approximate surface area is 275 Å². The molecule has 0 saturated carbocycles. The number of ether oxygens (including phenoxy) is 1. The molecule has 0 aliphatic carbocycles. The lowest BCUT2D eigenvalue weighted by Gasteiger charge is -2.45. The van der Waals surface area contributed by atoms with Gasteiger partial charge in [0.15, 0.2) is 5.82 Å². The minimum atomic E-state index is -0.576. The summed E-state index contributed by atoms with van der Waals surface area (Å²) >= 11 is 0. The largest absolute Gasteiger partial charge is 0.507 e. The van der Waals surface area contributed by atoms with Crippen molar-refractivity contribution in [1.29, 1.82) is 0 Å². The number of nitrogens with zero attached hydrogens (tertiary/aromatic N) is 5. The first-order chi connectivity index (χ1) is 22.6. The van der Waals surface area contributed by atoms with Crippen molar-refractivity contribution in [1.82, 2.24) is 24.6 Å². The Hall–Kier alpha value is -4.00. The van der Waals surface area contributed by atoms with E-state index in [9.17, 15) is 24.7 Å². The van der Waals surface area contributed by atoms with Gasteiger partial charge in [-0.25, -0.2) is 14.7 Å². The Balaban J connectivity index is 1.12. The van der Waals surface area contributed by atoms with E-state index in [1.54, 1.807) is 4.90 Å². The highest BCUT2D eigenvalue weighted by Gasteiger charge is 2.43. The van der Waals surface area contributed by atoms with Crippen LogP contribution in [0.15, 0.2) is 47.3 Å². The number of phenols is 1. The average Bonchev–Trinajstić information content (AvgIpc) is 3.49. The average molecular weight is 648 g/mol. The van der Waals surface area contributed by atoms with Crippen LogP contribution in [0.5, 0.6) is 5.75 Å². The predicted octanol–water partition coefficient (Wildman–Crippen LogP) is 3.20. The Bertz CT molecular complexity index is 1590. The lowest BCUT2D eigenvalue weighted by molar-refractivity contribution is -1.12. The second-order valence-electron chi connectivity index (χ2n) is 13.5. The summed E-state index contributed by atoms with van der Waals surface area (Å²) in [4.78, 5) is 47.1. The van der Waals surface area contributed by atoms with E-state index in [0.29, 0.717) is 77.6 Å². The molecule has 3 saturated heterocycles. The van der Waals surface area contributed by atoms with Gasteiger partial charge in [-0.1, -0.05) is 42.5 Å². The Kier molecular flexibility index (Phi) is 9.81. The highest BCUT2D eigenvalue weighted by Crippen LogP contribution is 2.29. The van der Waals surface area contributed by atoms with Gasteiger partial charge in [-0.15, -0.1) is 5.10 Å². The molecule has 12 nitrogen and oxygen atoms in total. The molecule has 3 aliphatic heterocycles. The third kappa shape index (κ3) is 7.29. The molecule has 3 N–H and O–H groups in total. The highest BCUT2D eigenvalue weighted by molar-refractivity contribution is 5.86. The van der Waals surface area contributed by atoms with Crippen LogP contribution in [0, 0.1) is 19.8 Å². The van der Waals surface area contributed by atoms with Crippen molar-refractivity contribution in [3.63, 3.8) is 0 Å². The maximum absolute atomic E-state index is 14.1. The third-order valence-electron chi connectivity index (χ3n) is 10.4. The molecule has 2 aromatic carbocycles. The van der Waals surface area contributed by atoms with E-state index < -0.39 is 5.92 Å². The van der Waals surface area contributed by atoms with Crippen molar-refractivity contribution < 1.29 is 29.3 Å². The van der Waals surface area contributed by atoms with Crippen LogP contribution in [0.4, 0.5) is 0 Å². The number of carbonyl (C=O) groups excluding carboxylic acids is 2. The summed E-state index contributed by atoms with van der Waals surface area (Å²) in [6, 6.07) is 13.3. The zero-order chi connectivity index (χ0) is 33.1. The number of benzene rings is 2. The predicted molar refractivity (Wildman–Crippen MR) is 175 cm³/mol. The Morgan fingerprint density at radius 2 is 1.62 bits per heavy atom. The molecule has 0 spiro atoms. The van der Waals surface area contributed by atoms with E-state index in [1.165, 1.54) is 4.68 Å². The zero-order valence-corrected chi connectivity index (χ0v) is 27.4. The number of amides is 2. The molecular formula is C35H47N6O6+. The number of H-pyrrole nitrogens is 1. The number of quaternary nitrogens is 1. The molecule has 12 heteroatoms. The van der Waals surface area contributed by atoms with Crippen molar-refractivity contribution in [2.75, 3.05) is 52.5 Å². The molecule has 0 unspecified atom stereocenters. The first kappa shape index (κ1) is 32.9. The van der Waals surface area contributed by atoms with Crippen LogP contribution in [0.2, 0.25) is 0 Å². The summed E-state index contributed by atoms with van der Waals surface area (Å²) < 4.78 is 6.96. The molecule has 2 amide bonds. The van der Waals surface area contributed by atoms with Gasteiger partial charge in [0.25, 0.3) is 0 Å². The van der Waals surface area contributed by atoms with Gasteiger partial charge in [-0.3, -0.25) is 14.6 Å². The van der Waals surface area contributed by atoms with Gasteiger partial charge in [0.1, 0.15) is 24.9 Å². The van der Waals surface area contributed by atoms with Gasteiger partial charge in [0, 0.05) is 37.9 Å². The molecule has 252 valence electrons. The van der Waals surface area contributed by atoms with Crippen LogP contribution >= 0.6 is 0 Å². The van der Waals surface area contributed by atoms with Crippen molar-refractivity contribution in [2.45, 2.75) is 64.5 Å². The van der Waals surface area contributed by atoms with Gasteiger partial charge in [0.2, 0.25) is 11.8 Å². The van der Waals surface area contributed by atoms with Crippen molar-refractivity contribution in [2.24, 2.45) is 5.92 Å². The van der Waals surface area contributed by atoms with Crippen molar-refractivity contribution in [3.8, 4) is 17.1 Å². The fourth-order valence-electron chi connectivity index (χ4n) is 7.53. The van der Waals surface area contributed by atoms with Gasteiger partial charge in [-0.2, -0.15) is 4.65 Å². The second-order valence-corrected chi connectivity index (χ2v) is 13.5. The minimum Gasteiger partial charge on any atom is -0.507 e. The number of aryl methyl sites for hydroxylation is 2. The van der Waals surface area contributed by atoms with E-state index in [4.69, 9.17) is 4.74 Å². The lowest BCUT2D eigenvalue weighted by Crippen LogP contribution is -2.64. The van der Waals surface area contributed by atoms with Gasteiger partial charge in [0.05, 0.1) is 38.3 Å². The molecule has 1 atom stereocenters. The van der Waals surface area contributed by atoms with E-state index >= 15 is 0 Å². The summed E-state index contributed by atoms with van der Waals surface area (Å²) in [6.45, 7) is 7.70. The number of aromatic amines is 1. The summed E-state index contributed by atoms with van der Waals surface area (Å²) in [6.07, 6.45) is 3.24. The number of hydrogen-bond donors (Lipinski definition) is 3. The van der Waals surface area contributed by atoms with Gasteiger partial charge >= 0.3 is 5.69 Å². The van der Waals surface area contributed by atoms with E-state index in [0.717, 1.165) is 35.1 Å². The van der Waals surface area contributed by atoms with Crippen molar-refractivity contribution >= 4 is 11.8 Å². The van der Waals surface area contributed by atoms with Crippen LogP contribution in [-0.2, 0) is 20.7 Å². The number of carbonyl (C=O) groups is 2. The molecule has 3 aromatic rings. The monoisotopic (exact) mass is 647 g/mol. The zero-order valence-electron chi connectivity index (χ0n) is 27.4. The van der Waals surface area contributed by atoms with Crippen LogP contribution in [0.3, 0.4) is 0 Å². The molecule has 0 bridgehead atoms. The minimum absolute atomic E-state index is 0.0338. The van der Waals surface area contributed by atoms with Gasteiger partial charge < -0.3 is 19.6 Å². The molecule has 4 heterocycles. The highest BCUT2D eigenvalue weighted by atomic mass is 16.6. The number of aromatic hydroxyl groups is 1. The SMILES string of the molecule is Cc1cc(C[C@@H](CC(=O)N2CCC(n3nc(-c4ccccc4)[nH]c3=O)CC2)C(=O)N2CC[N+](O)(C3CCOCC3)CC2)cc(C)c1O. The normalized spacial score (nSPS) is 19.9. The van der Waals surface area contributed by atoms with E-state index in [1.807, 2.05) is 61.2 Å². The number of aromatic nitrogens is 3. The number of phenolic OH excluding ortho intramolecular Hbond substituents is 1. The maximum atomic E-state index is 14.1. The molecule has 47 heavy (non-hydrogen) atoms. The number of hydroxylamine groups is 3. The van der Waals surface area contributed by atoms with Crippen LogP contribution in [-0.4, -0.2) is 110 Å². The van der Waals surface area contributed by atoms with Crippen LogP contribution in [0.1, 0.15) is 54.8 Å². The smallest absolute Gasteiger partial charge is 0.343 e. The summed E-state index contributed by atoms with van der Waals surface area (Å²) in [5, 5.41) is 26.3. The molecule has 1 aromatic heterocycles. The number of likely N-dealkylation sites (tertiary alicyclic amines) is 1. The molecular weight excluding hydrogens is 600 g/mol. The lowest BCUT2D eigenvalue weighted by atomic mass is 9.91. The quantitative estimate of drug-likeness (QED) is 0.319. The molecule has 3 fully saturated rings. The molecule has 3 aliphatic rings. The van der Waals surface area contributed by atoms with Crippen molar-refractivity contribution in [3.05, 3.63) is 69.6 Å². The summed E-state index contributed by atoms with van der Waals surface area (Å²) in [5.74, 6) is 0.0283. The Morgan fingerprint density at radius 1 is 0.979 bits per heavy atom. The van der Waals surface area contributed by atoms with E-state index in [2.05, 4.69) is 10.1 Å². The topological polar surface area (TPSA) is 141 Å². The van der Waals surface area contributed by atoms with Crippen LogP contribution in [0.25, 0.3) is 11.4 Å². The standard InChI is InChI=1S/C35H46N6O6/c1-24-20-26(21-25(2)32(24)43)22-28(34(44)39-14-16-41(46,17-15-39)30-10-18-47-19-11-30)23-31(42)38-12-8-29(9-13-38)40-35(45)36-33(37-40)27-6-4-3-5-7-27/h3-7,20-21,28-30,46H,8-19,22-23H2,1-2H3,(H-,36,37,43,45)/p+1/t28-/m0/s1. The number of rotatable bonds is 8. The van der Waals surface area contributed by atoms with Gasteiger partial charge in [-0.05, 0) is 49.8 Å². The third-order valence-corrected chi connectivity index (χ3v) is 10.4. The van der Waals surface area contributed by atoms with Crippen LogP contribution < -0.4 is 5.69 Å². The second kappa shape index (κ2) is 14.0. The Morgan fingerprint density at radius 3 is 2.26 bits per heavy atom. The molecule has 0 radical (unpaired) electrons. The maximum Gasteiger partial charge on any atom is 0.343 e. The fourth-order valence-corrected chi connectivity index (χ4v) is 7.53.